The van der Waals surface area contributed by atoms with Gasteiger partial charge in [-0.1, -0.05) is 18.2 Å². The number of hydrogen-bond donors (Lipinski definition) is 2. The fraction of sp³-hybridized carbons (Fsp3) is 0.214. The van der Waals surface area contributed by atoms with Crippen LogP contribution >= 0.6 is 0 Å². The van der Waals surface area contributed by atoms with Crippen LogP contribution in [0.4, 0.5) is 5.69 Å². The summed E-state index contributed by atoms with van der Waals surface area (Å²) in [4.78, 5) is 29.9. The van der Waals surface area contributed by atoms with Gasteiger partial charge in [0.1, 0.15) is 0 Å². The van der Waals surface area contributed by atoms with Crippen LogP contribution in [0.5, 0.6) is 0 Å². The van der Waals surface area contributed by atoms with Crippen LogP contribution in [0, 0.1) is 0 Å². The summed E-state index contributed by atoms with van der Waals surface area (Å²) in [6, 6.07) is 9.81. The van der Waals surface area contributed by atoms with Crippen LogP contribution in [0.15, 0.2) is 46.2 Å². The van der Waals surface area contributed by atoms with Gasteiger partial charge in [0.15, 0.2) is 11.2 Å². The van der Waals surface area contributed by atoms with Crippen LogP contribution in [-0.4, -0.2) is 25.6 Å². The van der Waals surface area contributed by atoms with Gasteiger partial charge in [0.2, 0.25) is 0 Å². The van der Waals surface area contributed by atoms with Crippen molar-refractivity contribution in [3.8, 4) is 0 Å². The number of hydrogen-bond acceptors (Lipinski definition) is 4. The molecule has 0 spiro atoms. The van der Waals surface area contributed by atoms with E-state index in [1.807, 2.05) is 30.3 Å². The summed E-state index contributed by atoms with van der Waals surface area (Å²) < 4.78 is 3.07. The number of fused-ring (bicyclic) bond motifs is 1. The predicted molar refractivity (Wildman–Crippen MR) is 80.5 cm³/mol. The van der Waals surface area contributed by atoms with Gasteiger partial charge < -0.3 is 9.88 Å². The average Bonchev–Trinajstić information content (AvgIpc) is 2.91. The Labute approximate surface area is 119 Å². The molecule has 0 aliphatic heterocycles. The molecule has 108 valence electrons. The molecule has 0 atom stereocenters. The minimum Gasteiger partial charge on any atom is -0.383 e. The Balaban J connectivity index is 1.84. The lowest BCUT2D eigenvalue weighted by Gasteiger charge is -2.07. The molecule has 0 bridgehead atoms. The van der Waals surface area contributed by atoms with E-state index in [1.54, 1.807) is 17.9 Å². The molecule has 1 aromatic carbocycles. The van der Waals surface area contributed by atoms with Crippen molar-refractivity contribution < 1.29 is 0 Å². The van der Waals surface area contributed by atoms with Gasteiger partial charge >= 0.3 is 5.69 Å². The second-order valence-electron chi connectivity index (χ2n) is 4.72. The number of para-hydroxylation sites is 1. The Hall–Kier alpha value is -2.83. The van der Waals surface area contributed by atoms with Crippen LogP contribution in [0.25, 0.3) is 11.2 Å². The first-order valence-corrected chi connectivity index (χ1v) is 6.60. The lowest BCUT2D eigenvalue weighted by molar-refractivity contribution is 0.743. The molecule has 2 aromatic heterocycles. The molecule has 3 rings (SSSR count). The van der Waals surface area contributed by atoms with E-state index >= 15 is 0 Å². The summed E-state index contributed by atoms with van der Waals surface area (Å²) in [7, 11) is 1.58. The molecule has 0 aliphatic carbocycles. The van der Waals surface area contributed by atoms with Crippen molar-refractivity contribution >= 4 is 16.9 Å². The third kappa shape index (κ3) is 2.45. The number of aryl methyl sites for hydroxylation is 1. The molecule has 2 heterocycles. The fourth-order valence-corrected chi connectivity index (χ4v) is 2.23. The SMILES string of the molecule is Cn1c(=O)[nH]c(=O)c2c1ncn2CCNc1ccccc1. The van der Waals surface area contributed by atoms with Crippen molar-refractivity contribution in [3.05, 3.63) is 57.5 Å². The molecular formula is C14H15N5O2. The van der Waals surface area contributed by atoms with E-state index < -0.39 is 11.2 Å². The highest BCUT2D eigenvalue weighted by Crippen LogP contribution is 2.07. The van der Waals surface area contributed by atoms with Gasteiger partial charge in [-0.25, -0.2) is 9.78 Å². The average molecular weight is 285 g/mol. The molecule has 3 aromatic rings. The van der Waals surface area contributed by atoms with Gasteiger partial charge in [0.25, 0.3) is 5.56 Å². The van der Waals surface area contributed by atoms with E-state index in [-0.39, 0.29) is 0 Å². The Kier molecular flexibility index (Phi) is 3.31. The van der Waals surface area contributed by atoms with Crippen LogP contribution in [-0.2, 0) is 13.6 Å². The Morgan fingerprint density at radius 1 is 1.24 bits per heavy atom. The number of imidazole rings is 1. The number of rotatable bonds is 4. The normalized spacial score (nSPS) is 10.9. The minimum atomic E-state index is -0.458. The van der Waals surface area contributed by atoms with Crippen molar-refractivity contribution in [2.24, 2.45) is 7.05 Å². The number of aromatic nitrogens is 4. The summed E-state index contributed by atoms with van der Waals surface area (Å²) in [5, 5.41) is 3.26. The third-order valence-corrected chi connectivity index (χ3v) is 3.33. The smallest absolute Gasteiger partial charge is 0.329 e. The lowest BCUT2D eigenvalue weighted by Crippen LogP contribution is -2.29. The number of nitrogens with one attached hydrogen (secondary N) is 2. The topological polar surface area (TPSA) is 84.7 Å². The molecule has 0 amide bonds. The zero-order valence-electron chi connectivity index (χ0n) is 11.5. The molecule has 21 heavy (non-hydrogen) atoms. The van der Waals surface area contributed by atoms with Crippen molar-refractivity contribution in [3.63, 3.8) is 0 Å². The van der Waals surface area contributed by atoms with Gasteiger partial charge in [0, 0.05) is 25.8 Å². The van der Waals surface area contributed by atoms with Gasteiger partial charge in [0.05, 0.1) is 6.33 Å². The zero-order valence-corrected chi connectivity index (χ0v) is 11.5. The summed E-state index contributed by atoms with van der Waals surface area (Å²) >= 11 is 0. The number of anilines is 1. The maximum Gasteiger partial charge on any atom is 0.329 e. The van der Waals surface area contributed by atoms with E-state index in [4.69, 9.17) is 0 Å². The van der Waals surface area contributed by atoms with Crippen LogP contribution in [0.2, 0.25) is 0 Å². The van der Waals surface area contributed by atoms with Crippen molar-refractivity contribution in [1.29, 1.82) is 0 Å². The largest absolute Gasteiger partial charge is 0.383 e. The van der Waals surface area contributed by atoms with E-state index in [0.29, 0.717) is 24.3 Å². The highest BCUT2D eigenvalue weighted by atomic mass is 16.2. The summed E-state index contributed by atoms with van der Waals surface area (Å²) in [6.45, 7) is 1.23. The molecule has 0 fully saturated rings. The van der Waals surface area contributed by atoms with Crippen molar-refractivity contribution in [2.45, 2.75) is 6.54 Å². The Morgan fingerprint density at radius 3 is 2.76 bits per heavy atom. The van der Waals surface area contributed by atoms with E-state index in [2.05, 4.69) is 15.3 Å². The number of benzene rings is 1. The number of H-pyrrole nitrogens is 1. The highest BCUT2D eigenvalue weighted by molar-refractivity contribution is 5.69. The molecule has 0 saturated heterocycles. The maximum atomic E-state index is 11.9. The lowest BCUT2D eigenvalue weighted by atomic mass is 10.3. The third-order valence-electron chi connectivity index (χ3n) is 3.33. The molecule has 0 radical (unpaired) electrons. The monoisotopic (exact) mass is 285 g/mol. The first-order chi connectivity index (χ1) is 10.2. The first-order valence-electron chi connectivity index (χ1n) is 6.60. The Bertz CT molecular complexity index is 876. The second kappa shape index (κ2) is 5.28. The summed E-state index contributed by atoms with van der Waals surface area (Å²) in [5.41, 5.74) is 0.948. The highest BCUT2D eigenvalue weighted by Gasteiger charge is 2.10. The van der Waals surface area contributed by atoms with Gasteiger partial charge in [-0.3, -0.25) is 14.3 Å². The molecule has 2 N–H and O–H groups in total. The van der Waals surface area contributed by atoms with E-state index in [9.17, 15) is 9.59 Å². The number of aromatic amines is 1. The number of nitrogens with zero attached hydrogens (tertiary/aromatic N) is 3. The molecule has 0 unspecified atom stereocenters. The maximum absolute atomic E-state index is 11.9. The quantitative estimate of drug-likeness (QED) is 0.732. The van der Waals surface area contributed by atoms with Crippen LogP contribution in [0.3, 0.4) is 0 Å². The van der Waals surface area contributed by atoms with E-state index in [0.717, 1.165) is 5.69 Å². The standard InChI is InChI=1S/C14H15N5O2/c1-18-12-11(13(20)17-14(18)21)19(9-16-12)8-7-15-10-5-3-2-4-6-10/h2-6,9,15H,7-8H2,1H3,(H,17,20,21). The van der Waals surface area contributed by atoms with E-state index in [1.165, 1.54) is 4.57 Å². The second-order valence-corrected chi connectivity index (χ2v) is 4.72. The minimum absolute atomic E-state index is 0.392. The van der Waals surface area contributed by atoms with Crippen molar-refractivity contribution in [1.82, 2.24) is 19.1 Å². The van der Waals surface area contributed by atoms with Crippen LogP contribution < -0.4 is 16.6 Å². The van der Waals surface area contributed by atoms with Crippen LogP contribution in [0.1, 0.15) is 0 Å². The zero-order chi connectivity index (χ0) is 14.8. The fourth-order valence-electron chi connectivity index (χ4n) is 2.23. The Morgan fingerprint density at radius 2 is 2.00 bits per heavy atom. The molecule has 7 nitrogen and oxygen atoms in total. The first kappa shape index (κ1) is 13.2. The predicted octanol–water partition coefficient (Wildman–Crippen LogP) is 0.535. The van der Waals surface area contributed by atoms with Gasteiger partial charge in [-0.05, 0) is 12.1 Å². The molecular weight excluding hydrogens is 270 g/mol. The molecule has 0 saturated carbocycles. The van der Waals surface area contributed by atoms with Gasteiger partial charge in [-0.15, -0.1) is 0 Å². The van der Waals surface area contributed by atoms with Gasteiger partial charge in [-0.2, -0.15) is 0 Å². The van der Waals surface area contributed by atoms with Crippen molar-refractivity contribution in [2.75, 3.05) is 11.9 Å². The molecule has 7 heteroatoms. The summed E-state index contributed by atoms with van der Waals surface area (Å²) in [5.74, 6) is 0. The molecule has 0 aliphatic rings. The summed E-state index contributed by atoms with van der Waals surface area (Å²) in [6.07, 6.45) is 1.58.